The Morgan fingerprint density at radius 3 is 2.41 bits per heavy atom. The maximum atomic E-state index is 12.0. The fourth-order valence-corrected chi connectivity index (χ4v) is 3.00. The van der Waals surface area contributed by atoms with Crippen LogP contribution in [0.1, 0.15) is 22.3 Å². The van der Waals surface area contributed by atoms with E-state index in [1.165, 1.54) is 13.3 Å². The molecule has 0 atom stereocenters. The van der Waals surface area contributed by atoms with Gasteiger partial charge in [0.05, 0.1) is 32.0 Å². The molecule has 2 rings (SSSR count). The van der Waals surface area contributed by atoms with Gasteiger partial charge in [0.2, 0.25) is 5.91 Å². The number of hydrogen-bond acceptors (Lipinski definition) is 6. The topological polar surface area (TPSA) is 98.2 Å². The van der Waals surface area contributed by atoms with Gasteiger partial charge in [-0.1, -0.05) is 0 Å². The molecule has 0 aromatic heterocycles. The van der Waals surface area contributed by atoms with Crippen LogP contribution in [-0.2, 0) is 4.79 Å². The first-order chi connectivity index (χ1) is 14.0. The molecule has 2 aromatic rings. The second kappa shape index (κ2) is 11.1. The minimum absolute atomic E-state index is 0.0921. The zero-order valence-electron chi connectivity index (χ0n) is 16.3. The Labute approximate surface area is 177 Å². The smallest absolute Gasteiger partial charge is 0.251 e. The van der Waals surface area contributed by atoms with E-state index in [9.17, 15) is 9.59 Å². The molecule has 0 radical (unpaired) electrons. The summed E-state index contributed by atoms with van der Waals surface area (Å²) in [6.45, 7) is 0.189. The minimum Gasteiger partial charge on any atom is -0.497 e. The van der Waals surface area contributed by atoms with E-state index in [-0.39, 0.29) is 24.8 Å². The number of hydrazone groups is 1. The molecule has 2 aromatic carbocycles. The molecule has 9 heteroatoms. The summed E-state index contributed by atoms with van der Waals surface area (Å²) in [6, 6.07) is 10.2. The highest BCUT2D eigenvalue weighted by molar-refractivity contribution is 9.10. The van der Waals surface area contributed by atoms with Crippen LogP contribution in [0.3, 0.4) is 0 Å². The van der Waals surface area contributed by atoms with Gasteiger partial charge < -0.3 is 19.5 Å². The van der Waals surface area contributed by atoms with Crippen LogP contribution in [0.2, 0.25) is 0 Å². The molecule has 0 heterocycles. The van der Waals surface area contributed by atoms with E-state index >= 15 is 0 Å². The lowest BCUT2D eigenvalue weighted by atomic mass is 10.2. The van der Waals surface area contributed by atoms with Crippen molar-refractivity contribution in [2.24, 2.45) is 5.10 Å². The molecule has 0 aliphatic heterocycles. The molecule has 0 saturated carbocycles. The standard InChI is InChI=1S/C20H22BrN3O5/c1-27-15-6-4-14(5-7-15)20(26)22-9-8-18(25)24-23-12-13-10-16(21)19(29-3)17(11-13)28-2/h4-7,10-12H,8-9H2,1-3H3,(H,22,26)(H,24,25). The summed E-state index contributed by atoms with van der Waals surface area (Å²) in [5.41, 5.74) is 3.62. The van der Waals surface area contributed by atoms with Crippen LogP contribution in [0.15, 0.2) is 46.0 Å². The van der Waals surface area contributed by atoms with Crippen molar-refractivity contribution in [3.05, 3.63) is 52.0 Å². The van der Waals surface area contributed by atoms with E-state index in [1.54, 1.807) is 50.6 Å². The minimum atomic E-state index is -0.323. The maximum absolute atomic E-state index is 12.0. The lowest BCUT2D eigenvalue weighted by molar-refractivity contribution is -0.120. The Hall–Kier alpha value is -3.07. The monoisotopic (exact) mass is 463 g/mol. The number of benzene rings is 2. The molecule has 0 saturated heterocycles. The van der Waals surface area contributed by atoms with E-state index in [1.807, 2.05) is 0 Å². The third-order valence-electron chi connectivity index (χ3n) is 3.85. The number of ether oxygens (including phenoxy) is 3. The maximum Gasteiger partial charge on any atom is 0.251 e. The number of nitrogens with one attached hydrogen (secondary N) is 2. The van der Waals surface area contributed by atoms with Crippen LogP contribution < -0.4 is 25.0 Å². The Bertz CT molecular complexity index is 884. The molecular formula is C20H22BrN3O5. The highest BCUT2D eigenvalue weighted by atomic mass is 79.9. The second-order valence-corrected chi connectivity index (χ2v) is 6.62. The van der Waals surface area contributed by atoms with Crippen molar-refractivity contribution in [3.8, 4) is 17.2 Å². The number of halogens is 1. The van der Waals surface area contributed by atoms with Crippen molar-refractivity contribution < 1.29 is 23.8 Å². The molecule has 8 nitrogen and oxygen atoms in total. The number of carbonyl (C=O) groups is 2. The zero-order chi connectivity index (χ0) is 21.2. The number of rotatable bonds is 9. The Balaban J connectivity index is 1.80. The number of hydrogen-bond donors (Lipinski definition) is 2. The van der Waals surface area contributed by atoms with Crippen molar-refractivity contribution in [1.82, 2.24) is 10.7 Å². The predicted octanol–water partition coefficient (Wildman–Crippen LogP) is 2.75. The number of carbonyl (C=O) groups excluding carboxylic acids is 2. The largest absolute Gasteiger partial charge is 0.497 e. The van der Waals surface area contributed by atoms with Crippen molar-refractivity contribution in [1.29, 1.82) is 0 Å². The molecule has 154 valence electrons. The highest BCUT2D eigenvalue weighted by Crippen LogP contribution is 2.35. The molecular weight excluding hydrogens is 442 g/mol. The van der Waals surface area contributed by atoms with Crippen molar-refractivity contribution in [2.45, 2.75) is 6.42 Å². The van der Waals surface area contributed by atoms with E-state index in [0.717, 1.165) is 0 Å². The summed E-state index contributed by atoms with van der Waals surface area (Å²) < 4.78 is 16.3. The number of nitrogens with zero attached hydrogens (tertiary/aromatic N) is 1. The Morgan fingerprint density at radius 1 is 1.07 bits per heavy atom. The normalized spacial score (nSPS) is 10.5. The van der Waals surface area contributed by atoms with Gasteiger partial charge in [-0.3, -0.25) is 9.59 Å². The first kappa shape index (κ1) is 22.2. The summed E-state index contributed by atoms with van der Waals surface area (Å²) in [5, 5.41) is 6.60. The molecule has 2 amide bonds. The van der Waals surface area contributed by atoms with E-state index in [0.29, 0.717) is 32.8 Å². The molecule has 0 bridgehead atoms. The molecule has 0 spiro atoms. The molecule has 29 heavy (non-hydrogen) atoms. The fourth-order valence-electron chi connectivity index (χ4n) is 2.38. The second-order valence-electron chi connectivity index (χ2n) is 5.77. The molecule has 0 aliphatic rings. The van der Waals surface area contributed by atoms with E-state index in [4.69, 9.17) is 14.2 Å². The summed E-state index contributed by atoms with van der Waals surface area (Å²) in [5.74, 6) is 1.19. The van der Waals surface area contributed by atoms with Crippen molar-refractivity contribution in [3.63, 3.8) is 0 Å². The van der Waals surface area contributed by atoms with Gasteiger partial charge in [0, 0.05) is 18.5 Å². The Kier molecular flexibility index (Phi) is 8.47. The first-order valence-electron chi connectivity index (χ1n) is 8.64. The lowest BCUT2D eigenvalue weighted by Gasteiger charge is -2.10. The van der Waals surface area contributed by atoms with Gasteiger partial charge in [-0.25, -0.2) is 5.43 Å². The van der Waals surface area contributed by atoms with Crippen molar-refractivity contribution >= 4 is 34.0 Å². The van der Waals surface area contributed by atoms with Crippen LogP contribution in [0.4, 0.5) is 0 Å². The van der Waals surface area contributed by atoms with Crippen LogP contribution in [0, 0.1) is 0 Å². The zero-order valence-corrected chi connectivity index (χ0v) is 17.9. The van der Waals surface area contributed by atoms with Gasteiger partial charge >= 0.3 is 0 Å². The molecule has 2 N–H and O–H groups in total. The van der Waals surface area contributed by atoms with Gasteiger partial charge in [-0.15, -0.1) is 0 Å². The van der Waals surface area contributed by atoms with E-state index in [2.05, 4.69) is 31.8 Å². The fraction of sp³-hybridized carbons (Fsp3) is 0.250. The summed E-state index contributed by atoms with van der Waals surface area (Å²) in [7, 11) is 4.64. The molecule has 0 unspecified atom stereocenters. The molecule has 0 aliphatic carbocycles. The van der Waals surface area contributed by atoms with Crippen LogP contribution in [0.25, 0.3) is 0 Å². The quantitative estimate of drug-likeness (QED) is 0.440. The van der Waals surface area contributed by atoms with Crippen LogP contribution >= 0.6 is 15.9 Å². The Morgan fingerprint density at radius 2 is 1.79 bits per heavy atom. The van der Waals surface area contributed by atoms with Gasteiger partial charge in [0.25, 0.3) is 5.91 Å². The lowest BCUT2D eigenvalue weighted by Crippen LogP contribution is -2.29. The first-order valence-corrected chi connectivity index (χ1v) is 9.43. The van der Waals surface area contributed by atoms with Crippen molar-refractivity contribution in [2.75, 3.05) is 27.9 Å². The van der Waals surface area contributed by atoms with Crippen LogP contribution in [0.5, 0.6) is 17.2 Å². The average molecular weight is 464 g/mol. The number of amides is 2. The molecule has 0 fully saturated rings. The highest BCUT2D eigenvalue weighted by Gasteiger charge is 2.10. The van der Waals surface area contributed by atoms with Gasteiger partial charge in [0.15, 0.2) is 11.5 Å². The van der Waals surface area contributed by atoms with Gasteiger partial charge in [0.1, 0.15) is 5.75 Å². The third-order valence-corrected chi connectivity index (χ3v) is 4.44. The summed E-state index contributed by atoms with van der Waals surface area (Å²) in [4.78, 5) is 23.9. The van der Waals surface area contributed by atoms with E-state index < -0.39 is 0 Å². The van der Waals surface area contributed by atoms with Crippen LogP contribution in [-0.4, -0.2) is 45.9 Å². The van der Waals surface area contributed by atoms with Gasteiger partial charge in [-0.05, 0) is 57.9 Å². The summed E-state index contributed by atoms with van der Waals surface area (Å²) in [6.07, 6.45) is 1.58. The SMILES string of the molecule is COc1ccc(C(=O)NCCC(=O)NN=Cc2cc(Br)c(OC)c(OC)c2)cc1. The van der Waals surface area contributed by atoms with Gasteiger partial charge in [-0.2, -0.15) is 5.10 Å². The average Bonchev–Trinajstić information content (AvgIpc) is 2.73. The third kappa shape index (κ3) is 6.49. The number of methoxy groups -OCH3 is 3. The predicted molar refractivity (Wildman–Crippen MR) is 113 cm³/mol. The summed E-state index contributed by atoms with van der Waals surface area (Å²) >= 11 is 3.39.